The molecular formula is C24H24F3NO5. The number of nitrogens with zero attached hydrogens (tertiary/aromatic N) is 1. The topological polar surface area (TPSA) is 66.8 Å². The van der Waals surface area contributed by atoms with Crippen LogP contribution in [-0.4, -0.2) is 35.5 Å². The third-order valence-corrected chi connectivity index (χ3v) is 5.07. The molecule has 33 heavy (non-hydrogen) atoms. The molecule has 0 bridgehead atoms. The molecule has 3 aromatic rings. The van der Waals surface area contributed by atoms with E-state index < -0.39 is 18.4 Å². The fourth-order valence-corrected chi connectivity index (χ4v) is 3.73. The zero-order valence-corrected chi connectivity index (χ0v) is 18.7. The standard InChI is InChI=1S/C24H24F3NO5/c1-5-31-23(30)15(3)32-18-8-6-7-17(11-18)12-20-14(2)28(16(4)29)22-10-9-19(13-21(20)22)33-24(25,26)27/h6-11,13,15H,5,12H2,1-4H3. The number of aromatic nitrogens is 1. The van der Waals surface area contributed by atoms with Gasteiger partial charge in [0.15, 0.2) is 6.10 Å². The van der Waals surface area contributed by atoms with Crippen LogP contribution in [0.1, 0.15) is 42.4 Å². The van der Waals surface area contributed by atoms with Crippen molar-refractivity contribution >= 4 is 22.8 Å². The number of ether oxygens (including phenoxy) is 3. The van der Waals surface area contributed by atoms with Crippen LogP contribution in [0.4, 0.5) is 13.2 Å². The summed E-state index contributed by atoms with van der Waals surface area (Å²) in [6.45, 7) is 6.66. The van der Waals surface area contributed by atoms with Crippen molar-refractivity contribution in [2.24, 2.45) is 0 Å². The number of rotatable bonds is 7. The van der Waals surface area contributed by atoms with Crippen LogP contribution in [-0.2, 0) is 16.0 Å². The Morgan fingerprint density at radius 2 is 1.82 bits per heavy atom. The van der Waals surface area contributed by atoms with E-state index in [0.717, 1.165) is 5.56 Å². The number of fused-ring (bicyclic) bond motifs is 1. The number of alkyl halides is 3. The fraction of sp³-hybridized carbons (Fsp3) is 0.333. The summed E-state index contributed by atoms with van der Waals surface area (Å²) in [5.74, 6) is -0.659. The monoisotopic (exact) mass is 463 g/mol. The zero-order chi connectivity index (χ0) is 24.3. The van der Waals surface area contributed by atoms with Gasteiger partial charge in [0.05, 0.1) is 12.1 Å². The van der Waals surface area contributed by atoms with Crippen molar-refractivity contribution in [3.05, 3.63) is 59.3 Å². The summed E-state index contributed by atoms with van der Waals surface area (Å²) in [5, 5.41) is 0.482. The van der Waals surface area contributed by atoms with Crippen LogP contribution in [0.5, 0.6) is 11.5 Å². The van der Waals surface area contributed by atoms with Crippen LogP contribution < -0.4 is 9.47 Å². The third kappa shape index (κ3) is 5.66. The van der Waals surface area contributed by atoms with Gasteiger partial charge < -0.3 is 14.2 Å². The van der Waals surface area contributed by atoms with E-state index in [9.17, 15) is 22.8 Å². The summed E-state index contributed by atoms with van der Waals surface area (Å²) in [4.78, 5) is 24.1. The summed E-state index contributed by atoms with van der Waals surface area (Å²) in [6.07, 6.45) is -5.31. The number of benzene rings is 2. The molecule has 1 atom stereocenters. The molecule has 0 spiro atoms. The second-order valence-corrected chi connectivity index (χ2v) is 7.48. The lowest BCUT2D eigenvalue weighted by molar-refractivity contribution is -0.274. The van der Waals surface area contributed by atoms with Crippen LogP contribution in [0.15, 0.2) is 42.5 Å². The maximum atomic E-state index is 12.7. The van der Waals surface area contributed by atoms with E-state index in [0.29, 0.717) is 34.3 Å². The van der Waals surface area contributed by atoms with E-state index in [4.69, 9.17) is 9.47 Å². The van der Waals surface area contributed by atoms with Crippen LogP contribution in [0.3, 0.4) is 0 Å². The molecule has 176 valence electrons. The van der Waals surface area contributed by atoms with Crippen molar-refractivity contribution in [2.75, 3.05) is 6.61 Å². The number of carbonyl (C=O) groups excluding carboxylic acids is 2. The highest BCUT2D eigenvalue weighted by molar-refractivity contribution is 5.96. The fourth-order valence-electron chi connectivity index (χ4n) is 3.73. The average molecular weight is 463 g/mol. The lowest BCUT2D eigenvalue weighted by atomic mass is 10.0. The Morgan fingerprint density at radius 1 is 1.09 bits per heavy atom. The van der Waals surface area contributed by atoms with Gasteiger partial charge in [0.1, 0.15) is 11.5 Å². The van der Waals surface area contributed by atoms with Gasteiger partial charge in [-0.05, 0) is 68.7 Å². The molecule has 0 radical (unpaired) electrons. The normalized spacial score (nSPS) is 12.5. The van der Waals surface area contributed by atoms with Crippen LogP contribution in [0.2, 0.25) is 0 Å². The second-order valence-electron chi connectivity index (χ2n) is 7.48. The molecule has 0 saturated carbocycles. The molecule has 0 saturated heterocycles. The first kappa shape index (κ1) is 24.2. The lowest BCUT2D eigenvalue weighted by Gasteiger charge is -2.14. The Balaban J connectivity index is 1.98. The zero-order valence-electron chi connectivity index (χ0n) is 18.7. The smallest absolute Gasteiger partial charge is 0.479 e. The SMILES string of the molecule is CCOC(=O)C(C)Oc1cccc(Cc2c(C)n(C(C)=O)c3ccc(OC(F)(F)F)cc23)c1. The van der Waals surface area contributed by atoms with Crippen LogP contribution >= 0.6 is 0 Å². The molecule has 0 aliphatic carbocycles. The van der Waals surface area contributed by atoms with Gasteiger partial charge in [-0.2, -0.15) is 0 Å². The molecule has 1 heterocycles. The van der Waals surface area contributed by atoms with Crippen molar-refractivity contribution < 1.29 is 37.0 Å². The minimum Gasteiger partial charge on any atom is -0.479 e. The quantitative estimate of drug-likeness (QED) is 0.437. The van der Waals surface area contributed by atoms with E-state index in [1.807, 2.05) is 6.07 Å². The van der Waals surface area contributed by atoms with Crippen LogP contribution in [0.25, 0.3) is 10.9 Å². The Labute approximate surface area is 188 Å². The Kier molecular flexibility index (Phi) is 7.00. The molecule has 0 amide bonds. The number of carbonyl (C=O) groups is 2. The predicted molar refractivity (Wildman–Crippen MR) is 116 cm³/mol. The molecule has 0 fully saturated rings. The van der Waals surface area contributed by atoms with Crippen molar-refractivity contribution in [3.63, 3.8) is 0 Å². The Bertz CT molecular complexity index is 1180. The molecular weight excluding hydrogens is 439 g/mol. The van der Waals surface area contributed by atoms with Gasteiger partial charge in [-0.3, -0.25) is 9.36 Å². The highest BCUT2D eigenvalue weighted by Gasteiger charge is 2.31. The van der Waals surface area contributed by atoms with Gasteiger partial charge in [-0.15, -0.1) is 13.2 Å². The molecule has 0 N–H and O–H groups in total. The van der Waals surface area contributed by atoms with Crippen molar-refractivity contribution in [3.8, 4) is 11.5 Å². The van der Waals surface area contributed by atoms with E-state index >= 15 is 0 Å². The summed E-state index contributed by atoms with van der Waals surface area (Å²) in [7, 11) is 0. The molecule has 1 aromatic heterocycles. The Morgan fingerprint density at radius 3 is 2.45 bits per heavy atom. The summed E-state index contributed by atoms with van der Waals surface area (Å²) < 4.78 is 54.3. The van der Waals surface area contributed by atoms with Gasteiger partial charge in [-0.25, -0.2) is 4.79 Å². The number of esters is 1. The minimum absolute atomic E-state index is 0.242. The van der Waals surface area contributed by atoms with Gasteiger partial charge in [0.25, 0.3) is 0 Å². The van der Waals surface area contributed by atoms with Crippen molar-refractivity contribution in [2.45, 2.75) is 46.6 Å². The van der Waals surface area contributed by atoms with Gasteiger partial charge in [0.2, 0.25) is 5.91 Å². The van der Waals surface area contributed by atoms with Gasteiger partial charge >= 0.3 is 12.3 Å². The molecule has 0 aliphatic rings. The minimum atomic E-state index is -4.83. The highest BCUT2D eigenvalue weighted by atomic mass is 19.4. The van der Waals surface area contributed by atoms with E-state index in [-0.39, 0.29) is 18.3 Å². The number of halogens is 3. The maximum Gasteiger partial charge on any atom is 0.573 e. The number of hydrogen-bond donors (Lipinski definition) is 0. The molecule has 6 nitrogen and oxygen atoms in total. The average Bonchev–Trinajstić information content (AvgIpc) is 2.98. The summed E-state index contributed by atoms with van der Waals surface area (Å²) >= 11 is 0. The first-order valence-electron chi connectivity index (χ1n) is 10.3. The van der Waals surface area contributed by atoms with Crippen molar-refractivity contribution in [1.29, 1.82) is 0 Å². The molecule has 9 heteroatoms. The number of hydrogen-bond acceptors (Lipinski definition) is 5. The highest BCUT2D eigenvalue weighted by Crippen LogP contribution is 2.33. The molecule has 3 rings (SSSR count). The lowest BCUT2D eigenvalue weighted by Crippen LogP contribution is -2.26. The largest absolute Gasteiger partial charge is 0.573 e. The molecule has 1 unspecified atom stereocenters. The third-order valence-electron chi connectivity index (χ3n) is 5.07. The first-order valence-corrected chi connectivity index (χ1v) is 10.3. The van der Waals surface area contributed by atoms with E-state index in [1.54, 1.807) is 39.0 Å². The predicted octanol–water partition coefficient (Wildman–Crippen LogP) is 5.43. The van der Waals surface area contributed by atoms with Gasteiger partial charge in [-0.1, -0.05) is 12.1 Å². The van der Waals surface area contributed by atoms with Crippen molar-refractivity contribution in [1.82, 2.24) is 4.57 Å². The summed E-state index contributed by atoms with van der Waals surface area (Å²) in [6, 6.07) is 10.9. The van der Waals surface area contributed by atoms with Gasteiger partial charge in [0, 0.05) is 18.0 Å². The molecule has 0 aliphatic heterocycles. The Hall–Kier alpha value is -3.49. The maximum absolute atomic E-state index is 12.7. The van der Waals surface area contributed by atoms with E-state index in [1.165, 1.54) is 29.7 Å². The first-order chi connectivity index (χ1) is 15.5. The van der Waals surface area contributed by atoms with E-state index in [2.05, 4.69) is 4.74 Å². The molecule has 2 aromatic carbocycles. The summed E-state index contributed by atoms with van der Waals surface area (Å²) in [5.41, 5.74) is 2.58. The second kappa shape index (κ2) is 9.56. The van der Waals surface area contributed by atoms with Crippen LogP contribution in [0, 0.1) is 6.92 Å².